The van der Waals surface area contributed by atoms with Gasteiger partial charge in [-0.05, 0) is 12.1 Å². The van der Waals surface area contributed by atoms with Gasteiger partial charge in [-0.1, -0.05) is 12.1 Å². The smallest absolute Gasteiger partial charge is 0.394 e. The van der Waals surface area contributed by atoms with Gasteiger partial charge in [0.05, 0.1) is 24.9 Å². The van der Waals surface area contributed by atoms with Gasteiger partial charge in [0.2, 0.25) is 5.91 Å². The number of benzene rings is 1. The second-order valence-electron chi connectivity index (χ2n) is 5.42. The molecule has 1 fully saturated rings. The highest BCUT2D eigenvalue weighted by Crippen LogP contribution is 2.37. The third-order valence-electron chi connectivity index (χ3n) is 3.82. The zero-order chi connectivity index (χ0) is 17.9. The number of carbonyl (C=O) groups excluding carboxylic acids is 1. The summed E-state index contributed by atoms with van der Waals surface area (Å²) in [5.41, 5.74) is 0. The number of halogens is 4. The van der Waals surface area contributed by atoms with Crippen LogP contribution in [0.15, 0.2) is 24.3 Å². The minimum absolute atomic E-state index is 0.0664. The Morgan fingerprint density at radius 2 is 1.92 bits per heavy atom. The first-order chi connectivity index (χ1) is 11.2. The third kappa shape index (κ3) is 4.15. The molecule has 0 aromatic heterocycles. The molecular formula is C15H15F4NO4. The molecule has 1 aromatic rings. The van der Waals surface area contributed by atoms with E-state index in [0.717, 1.165) is 4.90 Å². The lowest BCUT2D eigenvalue weighted by Gasteiger charge is -2.18. The van der Waals surface area contributed by atoms with Gasteiger partial charge in [-0.2, -0.15) is 13.2 Å². The molecule has 2 rings (SSSR count). The van der Waals surface area contributed by atoms with Crippen molar-refractivity contribution in [2.45, 2.75) is 12.6 Å². The average Bonchev–Trinajstić information content (AvgIpc) is 2.95. The Labute approximate surface area is 134 Å². The van der Waals surface area contributed by atoms with Crippen molar-refractivity contribution in [3.05, 3.63) is 30.1 Å². The molecule has 1 aliphatic heterocycles. The van der Waals surface area contributed by atoms with Crippen molar-refractivity contribution in [1.29, 1.82) is 0 Å². The van der Waals surface area contributed by atoms with Crippen LogP contribution in [-0.2, 0) is 9.59 Å². The van der Waals surface area contributed by atoms with E-state index in [4.69, 9.17) is 9.84 Å². The largest absolute Gasteiger partial charge is 0.490 e. The van der Waals surface area contributed by atoms with E-state index in [9.17, 15) is 27.2 Å². The fraction of sp³-hybridized carbons (Fsp3) is 0.467. The van der Waals surface area contributed by atoms with Crippen molar-refractivity contribution in [3.63, 3.8) is 0 Å². The van der Waals surface area contributed by atoms with Crippen molar-refractivity contribution in [2.24, 2.45) is 11.8 Å². The summed E-state index contributed by atoms with van der Waals surface area (Å²) in [5.74, 6) is -6.70. The molecule has 0 radical (unpaired) electrons. The number of nitrogens with zero attached hydrogens (tertiary/aromatic N) is 1. The monoisotopic (exact) mass is 349 g/mol. The second-order valence-corrected chi connectivity index (χ2v) is 5.42. The summed E-state index contributed by atoms with van der Waals surface area (Å²) in [7, 11) is 0. The van der Waals surface area contributed by atoms with Gasteiger partial charge in [0.15, 0.2) is 11.6 Å². The molecule has 0 unspecified atom stereocenters. The lowest BCUT2D eigenvalue weighted by Crippen LogP contribution is -2.34. The van der Waals surface area contributed by atoms with E-state index in [0.29, 0.717) is 0 Å². The van der Waals surface area contributed by atoms with Crippen LogP contribution >= 0.6 is 0 Å². The van der Waals surface area contributed by atoms with Crippen molar-refractivity contribution in [2.75, 3.05) is 19.7 Å². The van der Waals surface area contributed by atoms with Crippen molar-refractivity contribution < 1.29 is 37.0 Å². The molecule has 9 heteroatoms. The highest BCUT2D eigenvalue weighted by Gasteiger charge is 2.53. The fourth-order valence-electron chi connectivity index (χ4n) is 2.56. The van der Waals surface area contributed by atoms with Crippen LogP contribution < -0.4 is 4.74 Å². The fourth-order valence-corrected chi connectivity index (χ4v) is 2.56. The normalized spacial score (nSPS) is 20.9. The number of rotatable bonds is 5. The van der Waals surface area contributed by atoms with Gasteiger partial charge in [0.25, 0.3) is 0 Å². The molecular weight excluding hydrogens is 334 g/mol. The number of aliphatic carboxylic acids is 1. The standard InChI is InChI=1S/C15H15F4NO4/c16-11-3-1-2-4-12(11)24-6-5-13(21)20-7-9(14(22)23)10(8-20)15(17,18)19/h1-4,9-10H,5-8H2,(H,22,23)/t9-,10-/m1/s1. The minimum atomic E-state index is -4.69. The molecule has 0 saturated carbocycles. The van der Waals surface area contributed by atoms with Crippen molar-refractivity contribution >= 4 is 11.9 Å². The molecule has 1 saturated heterocycles. The van der Waals surface area contributed by atoms with Gasteiger partial charge in [0.1, 0.15) is 0 Å². The number of alkyl halides is 3. The molecule has 0 spiro atoms. The number of amides is 1. The highest BCUT2D eigenvalue weighted by atomic mass is 19.4. The summed E-state index contributed by atoms with van der Waals surface area (Å²) in [6, 6.07) is 5.52. The average molecular weight is 349 g/mol. The molecule has 5 nitrogen and oxygen atoms in total. The van der Waals surface area contributed by atoms with Crippen molar-refractivity contribution in [3.8, 4) is 5.75 Å². The number of carboxylic acid groups (broad SMARTS) is 1. The van der Waals surface area contributed by atoms with Crippen LogP contribution in [0.25, 0.3) is 0 Å². The van der Waals surface area contributed by atoms with Gasteiger partial charge in [-0.25, -0.2) is 4.39 Å². The molecule has 1 aliphatic rings. The topological polar surface area (TPSA) is 66.8 Å². The molecule has 1 amide bonds. The summed E-state index contributed by atoms with van der Waals surface area (Å²) in [4.78, 5) is 23.8. The van der Waals surface area contributed by atoms with Gasteiger partial charge < -0.3 is 14.7 Å². The zero-order valence-electron chi connectivity index (χ0n) is 12.4. The Bertz CT molecular complexity index is 620. The van der Waals surface area contributed by atoms with Crippen LogP contribution in [0.3, 0.4) is 0 Å². The Morgan fingerprint density at radius 3 is 2.46 bits per heavy atom. The highest BCUT2D eigenvalue weighted by molar-refractivity contribution is 5.79. The van der Waals surface area contributed by atoms with Crippen LogP contribution in [0.5, 0.6) is 5.75 Å². The second kappa shape index (κ2) is 7.06. The van der Waals surface area contributed by atoms with Gasteiger partial charge in [-0.3, -0.25) is 9.59 Å². The predicted octanol–water partition coefficient (Wildman–Crippen LogP) is 2.32. The number of hydrogen-bond donors (Lipinski definition) is 1. The number of carboxylic acids is 1. The number of likely N-dealkylation sites (tertiary alicyclic amines) is 1. The summed E-state index contributed by atoms with van der Waals surface area (Å²) in [6.07, 6.45) is -4.97. The Balaban J connectivity index is 1.91. The zero-order valence-corrected chi connectivity index (χ0v) is 12.4. The molecule has 1 heterocycles. The predicted molar refractivity (Wildman–Crippen MR) is 73.8 cm³/mol. The SMILES string of the molecule is O=C(O)[C@@H]1CN(C(=O)CCOc2ccccc2F)C[C@H]1C(F)(F)F. The number of carbonyl (C=O) groups is 2. The molecule has 1 aromatic carbocycles. The van der Waals surface area contributed by atoms with Crippen LogP contribution in [-0.4, -0.2) is 47.8 Å². The molecule has 2 atom stereocenters. The minimum Gasteiger partial charge on any atom is -0.490 e. The number of hydrogen-bond acceptors (Lipinski definition) is 3. The maximum atomic E-state index is 13.3. The molecule has 132 valence electrons. The van der Waals surface area contributed by atoms with E-state index in [-0.39, 0.29) is 18.8 Å². The van der Waals surface area contributed by atoms with Gasteiger partial charge >= 0.3 is 12.1 Å². The van der Waals surface area contributed by atoms with Gasteiger partial charge in [0, 0.05) is 13.1 Å². The summed E-state index contributed by atoms with van der Waals surface area (Å²) in [5, 5.41) is 8.90. The summed E-state index contributed by atoms with van der Waals surface area (Å²) >= 11 is 0. The Hall–Kier alpha value is -2.32. The lowest BCUT2D eigenvalue weighted by molar-refractivity contribution is -0.188. The first-order valence-corrected chi connectivity index (χ1v) is 7.14. The molecule has 24 heavy (non-hydrogen) atoms. The van der Waals surface area contributed by atoms with Gasteiger partial charge in [-0.15, -0.1) is 0 Å². The van der Waals surface area contributed by atoms with E-state index in [2.05, 4.69) is 0 Å². The van der Waals surface area contributed by atoms with Crippen molar-refractivity contribution in [1.82, 2.24) is 4.90 Å². The third-order valence-corrected chi connectivity index (χ3v) is 3.82. The van der Waals surface area contributed by atoms with Crippen LogP contribution in [0.2, 0.25) is 0 Å². The first kappa shape index (κ1) is 18.0. The van der Waals surface area contributed by atoms with E-state index in [1.54, 1.807) is 0 Å². The van der Waals surface area contributed by atoms with E-state index >= 15 is 0 Å². The summed E-state index contributed by atoms with van der Waals surface area (Å²) < 4.78 is 57.0. The molecule has 0 aliphatic carbocycles. The van der Waals surface area contributed by atoms with Crippen LogP contribution in [0.1, 0.15) is 6.42 Å². The summed E-state index contributed by atoms with van der Waals surface area (Å²) in [6.45, 7) is -1.41. The quantitative estimate of drug-likeness (QED) is 0.829. The Kier molecular flexibility index (Phi) is 5.30. The van der Waals surface area contributed by atoms with Crippen LogP contribution in [0.4, 0.5) is 17.6 Å². The number of para-hydroxylation sites is 1. The number of ether oxygens (including phenoxy) is 1. The van der Waals surface area contributed by atoms with E-state index in [1.165, 1.54) is 24.3 Å². The maximum absolute atomic E-state index is 13.3. The van der Waals surface area contributed by atoms with Crippen LogP contribution in [0, 0.1) is 17.7 Å². The lowest BCUT2D eigenvalue weighted by atomic mass is 9.96. The Morgan fingerprint density at radius 1 is 1.25 bits per heavy atom. The molecule has 1 N–H and O–H groups in total. The maximum Gasteiger partial charge on any atom is 0.394 e. The molecule has 0 bridgehead atoms. The first-order valence-electron chi connectivity index (χ1n) is 7.14. The van der Waals surface area contributed by atoms with E-state index < -0.39 is 48.8 Å². The van der Waals surface area contributed by atoms with E-state index in [1.807, 2.05) is 0 Å².